The molecule has 140 valence electrons. The van der Waals surface area contributed by atoms with Gasteiger partial charge in [0.2, 0.25) is 5.91 Å². The predicted molar refractivity (Wildman–Crippen MR) is 102 cm³/mol. The third-order valence-electron chi connectivity index (χ3n) is 5.00. The van der Waals surface area contributed by atoms with Crippen molar-refractivity contribution < 1.29 is 9.18 Å². The number of hydrogen-bond acceptors (Lipinski definition) is 4. The van der Waals surface area contributed by atoms with E-state index in [9.17, 15) is 9.18 Å². The molecule has 1 atom stereocenters. The number of aromatic amines is 1. The van der Waals surface area contributed by atoms with Crippen LogP contribution in [-0.4, -0.2) is 51.4 Å². The van der Waals surface area contributed by atoms with Crippen LogP contribution in [0.4, 0.5) is 10.2 Å². The van der Waals surface area contributed by atoms with Gasteiger partial charge >= 0.3 is 0 Å². The van der Waals surface area contributed by atoms with Gasteiger partial charge in [-0.25, -0.2) is 14.4 Å². The smallest absolute Gasteiger partial charge is 0.223 e. The molecule has 1 amide bonds. The minimum Gasteiger partial charge on any atom is -0.350 e. The highest BCUT2D eigenvalue weighted by Gasteiger charge is 2.27. The van der Waals surface area contributed by atoms with E-state index in [0.29, 0.717) is 32.5 Å². The zero-order valence-corrected chi connectivity index (χ0v) is 15.2. The maximum absolute atomic E-state index is 13.1. The lowest BCUT2D eigenvalue weighted by Crippen LogP contribution is -2.54. The standard InChI is InChI=1S/C20H22FN5O/c1-14-13-25(10-11-26(14)19-8-6-15(21)12-22-19)20(27)9-7-18-23-16-4-2-3-5-17(16)24-18/h2-6,8,12,14H,7,9-11,13H2,1H3,(H,23,24). The van der Waals surface area contributed by atoms with Gasteiger partial charge in [0.05, 0.1) is 17.2 Å². The van der Waals surface area contributed by atoms with E-state index in [1.165, 1.54) is 12.3 Å². The van der Waals surface area contributed by atoms with Gasteiger partial charge in [0.15, 0.2) is 0 Å². The second-order valence-electron chi connectivity index (χ2n) is 6.92. The van der Waals surface area contributed by atoms with E-state index in [1.54, 1.807) is 6.07 Å². The molecular weight excluding hydrogens is 345 g/mol. The van der Waals surface area contributed by atoms with Crippen LogP contribution < -0.4 is 4.90 Å². The van der Waals surface area contributed by atoms with Crippen molar-refractivity contribution in [2.24, 2.45) is 0 Å². The summed E-state index contributed by atoms with van der Waals surface area (Å²) >= 11 is 0. The summed E-state index contributed by atoms with van der Waals surface area (Å²) < 4.78 is 13.1. The molecule has 1 aromatic carbocycles. The lowest BCUT2D eigenvalue weighted by molar-refractivity contribution is -0.131. The summed E-state index contributed by atoms with van der Waals surface area (Å²) in [6, 6.07) is 11.1. The molecule has 27 heavy (non-hydrogen) atoms. The van der Waals surface area contributed by atoms with E-state index >= 15 is 0 Å². The van der Waals surface area contributed by atoms with E-state index in [1.807, 2.05) is 29.2 Å². The number of para-hydroxylation sites is 2. The monoisotopic (exact) mass is 367 g/mol. The van der Waals surface area contributed by atoms with Crippen molar-refractivity contribution in [3.63, 3.8) is 0 Å². The highest BCUT2D eigenvalue weighted by atomic mass is 19.1. The number of fused-ring (bicyclic) bond motifs is 1. The van der Waals surface area contributed by atoms with E-state index in [0.717, 1.165) is 22.7 Å². The number of pyridine rings is 1. The average molecular weight is 367 g/mol. The molecule has 0 bridgehead atoms. The Balaban J connectivity index is 1.34. The summed E-state index contributed by atoms with van der Waals surface area (Å²) in [4.78, 5) is 28.6. The molecular formula is C20H22FN5O. The highest BCUT2D eigenvalue weighted by molar-refractivity contribution is 5.77. The summed E-state index contributed by atoms with van der Waals surface area (Å²) in [5, 5.41) is 0. The first-order chi connectivity index (χ1) is 13.1. The Morgan fingerprint density at radius 2 is 2.11 bits per heavy atom. The normalized spacial score (nSPS) is 17.5. The molecule has 1 unspecified atom stereocenters. The van der Waals surface area contributed by atoms with Crippen LogP contribution in [0.3, 0.4) is 0 Å². The fraction of sp³-hybridized carbons (Fsp3) is 0.350. The van der Waals surface area contributed by atoms with Gasteiger partial charge in [0.25, 0.3) is 0 Å². The van der Waals surface area contributed by atoms with Gasteiger partial charge in [0, 0.05) is 38.5 Å². The maximum Gasteiger partial charge on any atom is 0.223 e. The van der Waals surface area contributed by atoms with Crippen LogP contribution in [0.2, 0.25) is 0 Å². The predicted octanol–water partition coefficient (Wildman–Crippen LogP) is 2.77. The van der Waals surface area contributed by atoms with E-state index in [2.05, 4.69) is 26.8 Å². The largest absolute Gasteiger partial charge is 0.350 e. The van der Waals surface area contributed by atoms with Gasteiger partial charge < -0.3 is 14.8 Å². The fourth-order valence-electron chi connectivity index (χ4n) is 3.57. The van der Waals surface area contributed by atoms with Gasteiger partial charge in [-0.05, 0) is 31.2 Å². The summed E-state index contributed by atoms with van der Waals surface area (Å²) in [5.74, 6) is 1.38. The number of imidazole rings is 1. The Morgan fingerprint density at radius 3 is 2.85 bits per heavy atom. The minimum atomic E-state index is -0.342. The number of amides is 1. The molecule has 1 N–H and O–H groups in total. The second-order valence-corrected chi connectivity index (χ2v) is 6.92. The van der Waals surface area contributed by atoms with Gasteiger partial charge in [0.1, 0.15) is 17.5 Å². The lowest BCUT2D eigenvalue weighted by Gasteiger charge is -2.40. The Bertz CT molecular complexity index is 906. The Morgan fingerprint density at radius 1 is 1.26 bits per heavy atom. The SMILES string of the molecule is CC1CN(C(=O)CCc2nc3ccccc3[nH]2)CCN1c1ccc(F)cn1. The molecule has 1 aliphatic heterocycles. The first-order valence-electron chi connectivity index (χ1n) is 9.20. The zero-order chi connectivity index (χ0) is 18.8. The second kappa shape index (κ2) is 7.34. The summed E-state index contributed by atoms with van der Waals surface area (Å²) in [7, 11) is 0. The van der Waals surface area contributed by atoms with E-state index < -0.39 is 0 Å². The molecule has 2 aromatic heterocycles. The van der Waals surface area contributed by atoms with E-state index in [-0.39, 0.29) is 17.8 Å². The number of piperazine rings is 1. The van der Waals surface area contributed by atoms with Gasteiger partial charge in [-0.3, -0.25) is 4.79 Å². The molecule has 6 nitrogen and oxygen atoms in total. The number of benzene rings is 1. The Kier molecular flexibility index (Phi) is 4.75. The number of halogens is 1. The number of nitrogens with one attached hydrogen (secondary N) is 1. The molecule has 3 heterocycles. The third-order valence-corrected chi connectivity index (χ3v) is 5.00. The van der Waals surface area contributed by atoms with Crippen molar-refractivity contribution in [1.82, 2.24) is 19.9 Å². The number of nitrogens with zero attached hydrogens (tertiary/aromatic N) is 4. The first-order valence-corrected chi connectivity index (χ1v) is 9.20. The molecule has 0 saturated carbocycles. The number of H-pyrrole nitrogens is 1. The van der Waals surface area contributed by atoms with Crippen LogP contribution in [0.25, 0.3) is 11.0 Å². The number of anilines is 1. The number of aryl methyl sites for hydroxylation is 1. The molecule has 1 fully saturated rings. The summed E-state index contributed by atoms with van der Waals surface area (Å²) in [6.45, 7) is 4.03. The molecule has 0 radical (unpaired) electrons. The number of rotatable bonds is 4. The van der Waals surface area contributed by atoms with Crippen molar-refractivity contribution >= 4 is 22.8 Å². The van der Waals surface area contributed by atoms with Gasteiger partial charge in [-0.2, -0.15) is 0 Å². The Labute approximate surface area is 157 Å². The van der Waals surface area contributed by atoms with Crippen molar-refractivity contribution in [1.29, 1.82) is 0 Å². The van der Waals surface area contributed by atoms with Crippen molar-refractivity contribution in [2.75, 3.05) is 24.5 Å². The minimum absolute atomic E-state index is 0.131. The number of hydrogen-bond donors (Lipinski definition) is 1. The number of carbonyl (C=O) groups excluding carboxylic acids is 1. The zero-order valence-electron chi connectivity index (χ0n) is 15.2. The first kappa shape index (κ1) is 17.5. The molecule has 1 aliphatic rings. The van der Waals surface area contributed by atoms with Crippen LogP contribution in [0.1, 0.15) is 19.2 Å². The number of aromatic nitrogens is 3. The van der Waals surface area contributed by atoms with Crippen molar-refractivity contribution in [3.8, 4) is 0 Å². The van der Waals surface area contributed by atoms with Gasteiger partial charge in [-0.1, -0.05) is 12.1 Å². The molecule has 4 rings (SSSR count). The molecule has 0 spiro atoms. The fourth-order valence-corrected chi connectivity index (χ4v) is 3.57. The summed E-state index contributed by atoms with van der Waals surface area (Å²) in [5.41, 5.74) is 1.92. The molecule has 7 heteroatoms. The van der Waals surface area contributed by atoms with Crippen LogP contribution in [-0.2, 0) is 11.2 Å². The quantitative estimate of drug-likeness (QED) is 0.770. The topological polar surface area (TPSA) is 65.1 Å². The van der Waals surface area contributed by atoms with Gasteiger partial charge in [-0.15, -0.1) is 0 Å². The number of carbonyl (C=O) groups is 1. The van der Waals surface area contributed by atoms with Crippen LogP contribution in [0, 0.1) is 5.82 Å². The third kappa shape index (κ3) is 3.77. The molecule has 3 aromatic rings. The average Bonchev–Trinajstić information content (AvgIpc) is 3.10. The maximum atomic E-state index is 13.1. The van der Waals surface area contributed by atoms with Crippen LogP contribution in [0.15, 0.2) is 42.6 Å². The molecule has 1 saturated heterocycles. The lowest BCUT2D eigenvalue weighted by atomic mass is 10.1. The van der Waals surface area contributed by atoms with Crippen molar-refractivity contribution in [3.05, 3.63) is 54.2 Å². The Hall–Kier alpha value is -2.96. The van der Waals surface area contributed by atoms with Crippen LogP contribution >= 0.6 is 0 Å². The highest BCUT2D eigenvalue weighted by Crippen LogP contribution is 2.19. The van der Waals surface area contributed by atoms with E-state index in [4.69, 9.17) is 0 Å². The van der Waals surface area contributed by atoms with Crippen LogP contribution in [0.5, 0.6) is 0 Å². The summed E-state index contributed by atoms with van der Waals surface area (Å²) in [6.07, 6.45) is 2.26. The van der Waals surface area contributed by atoms with Crippen molar-refractivity contribution in [2.45, 2.75) is 25.8 Å². The molecule has 0 aliphatic carbocycles.